The van der Waals surface area contributed by atoms with Gasteiger partial charge in [-0.3, -0.25) is 0 Å². The first-order chi connectivity index (χ1) is 6.73. The van der Waals surface area contributed by atoms with E-state index in [2.05, 4.69) is 49.1 Å². The summed E-state index contributed by atoms with van der Waals surface area (Å²) in [5.41, 5.74) is 0. The van der Waals surface area contributed by atoms with Gasteiger partial charge in [-0.1, -0.05) is 0 Å². The van der Waals surface area contributed by atoms with Crippen LogP contribution in [0.25, 0.3) is 0 Å². The summed E-state index contributed by atoms with van der Waals surface area (Å²) in [6, 6.07) is 0. The van der Waals surface area contributed by atoms with Gasteiger partial charge in [-0.05, 0) is 0 Å². The van der Waals surface area contributed by atoms with Crippen LogP contribution in [0, 0.1) is 33.3 Å². The van der Waals surface area contributed by atoms with Crippen LogP contribution in [0.15, 0.2) is 0 Å². The van der Waals surface area contributed by atoms with Crippen LogP contribution in [0.2, 0.25) is 0 Å². The third-order valence-corrected chi connectivity index (χ3v) is 0. The summed E-state index contributed by atoms with van der Waals surface area (Å²) < 4.78 is 37.5. The normalized spacial score (nSPS) is 2.40. The molecule has 0 unspecified atom stereocenters. The van der Waals surface area contributed by atoms with Gasteiger partial charge in [0.05, 0.1) is 0 Å². The van der Waals surface area contributed by atoms with Gasteiger partial charge in [0.2, 0.25) is 0 Å². The monoisotopic (exact) mass is 253 g/mol. The minimum absolute atomic E-state index is 0. The molecule has 8 heteroatoms. The average molecular weight is 253 g/mol. The zero-order chi connectivity index (χ0) is 13.6. The first kappa shape index (κ1) is 48.2. The van der Waals surface area contributed by atoms with Crippen molar-refractivity contribution in [3.63, 3.8) is 0 Å². The standard InChI is InChI=1S/C2H3O.5CO.Cr.H3N/c1-2-3;5*1-2;;/h1H3;;;;;;;1H3/q-1;;;;;;;/p+1. The van der Waals surface area contributed by atoms with Gasteiger partial charge in [0.25, 0.3) is 0 Å². The predicted octanol–water partition coefficient (Wildman–Crippen LogP) is -0.768. The van der Waals surface area contributed by atoms with Gasteiger partial charge in [-0.2, -0.15) is 0 Å². The summed E-state index contributed by atoms with van der Waals surface area (Å²) in [4.78, 5) is 0. The maximum absolute atomic E-state index is 9.39. The Kier molecular flexibility index (Phi) is 1480. The Hall–Kier alpha value is -0.978. The zero-order valence-electron chi connectivity index (χ0n) is 7.86. The van der Waals surface area contributed by atoms with Crippen LogP contribution in [0.4, 0.5) is 0 Å². The molecule has 0 aliphatic carbocycles. The Balaban J connectivity index is -0.0000000105. The van der Waals surface area contributed by atoms with Crippen LogP contribution in [-0.2, 0) is 39.1 Å². The number of hydrogen-bond acceptors (Lipinski definition) is 1. The molecule has 0 aromatic carbocycles. The summed E-state index contributed by atoms with van der Waals surface area (Å²) >= 11 is 2.26. The van der Waals surface area contributed by atoms with Crippen LogP contribution in [-0.4, -0.2) is 4.57 Å². The van der Waals surface area contributed by atoms with Crippen molar-refractivity contribution >= 4 is 4.57 Å². The van der Waals surface area contributed by atoms with Gasteiger partial charge in [0.1, 0.15) is 0 Å². The fourth-order valence-corrected chi connectivity index (χ4v) is 0. The van der Waals surface area contributed by atoms with Gasteiger partial charge < -0.3 is 6.15 Å². The molecule has 7 nitrogen and oxygen atoms in total. The maximum atomic E-state index is 9.39. The third-order valence-electron chi connectivity index (χ3n) is 0. The van der Waals surface area contributed by atoms with Gasteiger partial charge in [0, 0.05) is 0 Å². The molecule has 0 atom stereocenters. The fourth-order valence-electron chi connectivity index (χ4n) is 0. The molecule has 82 valence electrons. The van der Waals surface area contributed by atoms with E-state index in [0.29, 0.717) is 0 Å². The van der Waals surface area contributed by atoms with E-state index in [9.17, 15) is 5.11 Å². The Morgan fingerprint density at radius 2 is 0.800 bits per heavy atom. The second kappa shape index (κ2) is 460. The molecule has 0 saturated heterocycles. The van der Waals surface area contributed by atoms with Crippen molar-refractivity contribution in [2.45, 2.75) is 6.92 Å². The first-order valence-corrected chi connectivity index (χ1v) is 2.57. The molecule has 0 spiro atoms. The van der Waals surface area contributed by atoms with Crippen molar-refractivity contribution in [1.82, 2.24) is 6.15 Å². The molecule has 0 amide bonds. The number of rotatable bonds is 0. The van der Waals surface area contributed by atoms with Crippen molar-refractivity contribution in [3.8, 4) is 0 Å². The van der Waals surface area contributed by atoms with Crippen molar-refractivity contribution in [2.24, 2.45) is 0 Å². The summed E-state index contributed by atoms with van der Waals surface area (Å²) in [6.45, 7) is 24.0. The molecule has 0 bridgehead atoms. The summed E-state index contributed by atoms with van der Waals surface area (Å²) in [7, 11) is 0. The predicted molar refractivity (Wildman–Crippen MR) is 36.3 cm³/mol. The average Bonchev–Trinajstić information content (AvgIpc) is 2.30. The molecule has 0 aromatic rings. The van der Waals surface area contributed by atoms with Crippen molar-refractivity contribution < 1.29 is 44.2 Å². The molecule has 0 rings (SSSR count). The van der Waals surface area contributed by atoms with E-state index in [-0.39, 0.29) is 10.7 Å². The van der Waals surface area contributed by atoms with E-state index in [4.69, 9.17) is 23.3 Å². The molecule has 0 aliphatic heterocycles. The van der Waals surface area contributed by atoms with Gasteiger partial charge in [-0.25, -0.2) is 0 Å². The van der Waals surface area contributed by atoms with Crippen LogP contribution in [0.1, 0.15) is 6.92 Å². The topological polar surface area (TPSA) is 159 Å². The van der Waals surface area contributed by atoms with Gasteiger partial charge >= 0.3 is 89.0 Å². The van der Waals surface area contributed by atoms with E-state index in [1.165, 1.54) is 6.92 Å². The molecule has 0 saturated carbocycles. The summed E-state index contributed by atoms with van der Waals surface area (Å²) in [5.74, 6) is 0. The molecule has 0 heterocycles. The Morgan fingerprint density at radius 1 is 0.800 bits per heavy atom. The van der Waals surface area contributed by atoms with E-state index in [0.717, 1.165) is 0 Å². The quantitative estimate of drug-likeness (QED) is 0.436. The molecule has 15 heavy (non-hydrogen) atoms. The van der Waals surface area contributed by atoms with Crippen molar-refractivity contribution in [2.75, 3.05) is 0 Å². The minimum atomic E-state index is 0. The molecule has 0 radical (unpaired) electrons. The van der Waals surface area contributed by atoms with Crippen molar-refractivity contribution in [1.29, 1.82) is 0 Å². The molecule has 4 N–H and O–H groups in total. The van der Waals surface area contributed by atoms with Gasteiger partial charge in [-0.15, -0.1) is 0 Å². The van der Waals surface area contributed by atoms with Crippen molar-refractivity contribution in [3.05, 3.63) is 33.3 Å². The summed E-state index contributed by atoms with van der Waals surface area (Å²) in [5, 5.41) is 9.39. The van der Waals surface area contributed by atoms with E-state index >= 15 is 0 Å². The SMILES string of the molecule is C[C]([O-])=[Cr].[C-]#[O+].[C-]#[O+].[C-]#[O+].[C-]#[O+].[C-]#[O+].[NH4+]. The Morgan fingerprint density at radius 3 is 0.800 bits per heavy atom. The Bertz CT molecular complexity index is 141. The number of quaternary nitrogens is 1. The van der Waals surface area contributed by atoms with Crippen LogP contribution >= 0.6 is 0 Å². The summed E-state index contributed by atoms with van der Waals surface area (Å²) in [6.07, 6.45) is 0. The van der Waals surface area contributed by atoms with Crippen LogP contribution in [0.3, 0.4) is 0 Å². The Labute approximate surface area is 95.6 Å². The van der Waals surface area contributed by atoms with E-state index in [1.54, 1.807) is 0 Å². The van der Waals surface area contributed by atoms with E-state index < -0.39 is 0 Å². The molecule has 0 aliphatic rings. The first-order valence-electron chi connectivity index (χ1n) is 1.93. The van der Waals surface area contributed by atoms with E-state index in [1.807, 2.05) is 0 Å². The largest absolute Gasteiger partial charge is 0.369 e. The molecular formula is C7H7CrNO6. The molecule has 0 fully saturated rings. The molecular weight excluding hydrogens is 246 g/mol. The third kappa shape index (κ3) is 1660. The van der Waals surface area contributed by atoms with Gasteiger partial charge in [0.15, 0.2) is 0 Å². The maximum Gasteiger partial charge on any atom is -0.369 e. The van der Waals surface area contributed by atoms with Crippen LogP contribution < -0.4 is 11.3 Å². The fraction of sp³-hybridized carbons (Fsp3) is 0.143. The van der Waals surface area contributed by atoms with Crippen LogP contribution in [0.5, 0.6) is 0 Å². The second-order valence-electron chi connectivity index (χ2n) is 0.492. The number of hydrogen-bond donors (Lipinski definition) is 1. The minimum Gasteiger partial charge on any atom is -0.369 e. The second-order valence-corrected chi connectivity index (χ2v) is 1.39. The molecule has 0 aromatic heterocycles. The zero-order valence-corrected chi connectivity index (χ0v) is 9.13. The smallest absolute Gasteiger partial charge is 0.369 e.